The Morgan fingerprint density at radius 1 is 1.29 bits per heavy atom. The lowest BCUT2D eigenvalue weighted by molar-refractivity contribution is 0.128. The Balaban J connectivity index is 2.67. The number of nitrogens with zero attached hydrogens (tertiary/aromatic N) is 2. The molecule has 0 spiro atoms. The van der Waals surface area contributed by atoms with Gasteiger partial charge in [-0.2, -0.15) is 0 Å². The van der Waals surface area contributed by atoms with Gasteiger partial charge in [0.1, 0.15) is 18.2 Å². The number of hydrazine groups is 1. The zero-order valence-corrected chi connectivity index (χ0v) is 10.5. The number of anilines is 2. The molecule has 0 saturated heterocycles. The van der Waals surface area contributed by atoms with Gasteiger partial charge in [0.15, 0.2) is 5.82 Å². The molecular formula is C11H21N5O. The molecule has 0 aromatic carbocycles. The molecule has 6 heteroatoms. The van der Waals surface area contributed by atoms with Gasteiger partial charge in [-0.05, 0) is 13.3 Å². The number of rotatable bonds is 8. The standard InChI is InChI=1S/C11H21N5O/c1-3-5-6-13-9-7-10(16-12)15-11(14-9)8-17-4-2/h7H,3-6,8,12H2,1-2H3,(H2,13,14,15,16). The predicted molar refractivity (Wildman–Crippen MR) is 68.6 cm³/mol. The minimum absolute atomic E-state index is 0.397. The van der Waals surface area contributed by atoms with Gasteiger partial charge in [0, 0.05) is 19.2 Å². The van der Waals surface area contributed by atoms with Crippen molar-refractivity contribution in [1.29, 1.82) is 0 Å². The zero-order chi connectivity index (χ0) is 12.5. The van der Waals surface area contributed by atoms with Crippen molar-refractivity contribution in [3.8, 4) is 0 Å². The van der Waals surface area contributed by atoms with E-state index in [9.17, 15) is 0 Å². The van der Waals surface area contributed by atoms with Crippen LogP contribution in [-0.4, -0.2) is 23.1 Å². The lowest BCUT2D eigenvalue weighted by Crippen LogP contribution is -2.13. The van der Waals surface area contributed by atoms with Crippen LogP contribution in [-0.2, 0) is 11.3 Å². The van der Waals surface area contributed by atoms with Crippen LogP contribution in [0.25, 0.3) is 0 Å². The molecule has 96 valence electrons. The fourth-order valence-electron chi connectivity index (χ4n) is 1.31. The highest BCUT2D eigenvalue weighted by Gasteiger charge is 2.03. The van der Waals surface area contributed by atoms with Gasteiger partial charge in [-0.3, -0.25) is 0 Å². The number of ether oxygens (including phenoxy) is 1. The number of hydrogen-bond acceptors (Lipinski definition) is 6. The molecule has 1 aromatic rings. The second-order valence-corrected chi connectivity index (χ2v) is 3.62. The van der Waals surface area contributed by atoms with E-state index < -0.39 is 0 Å². The van der Waals surface area contributed by atoms with Crippen LogP contribution in [0.4, 0.5) is 11.6 Å². The summed E-state index contributed by atoms with van der Waals surface area (Å²) >= 11 is 0. The third-order valence-corrected chi connectivity index (χ3v) is 2.19. The van der Waals surface area contributed by atoms with Gasteiger partial charge < -0.3 is 15.5 Å². The molecule has 0 atom stereocenters. The maximum absolute atomic E-state index is 5.36. The molecule has 0 radical (unpaired) electrons. The number of nitrogen functional groups attached to an aromatic ring is 1. The molecule has 6 nitrogen and oxygen atoms in total. The van der Waals surface area contributed by atoms with Crippen molar-refractivity contribution in [1.82, 2.24) is 9.97 Å². The molecule has 17 heavy (non-hydrogen) atoms. The average molecular weight is 239 g/mol. The largest absolute Gasteiger partial charge is 0.374 e. The SMILES string of the molecule is CCCCNc1cc(NN)nc(COCC)n1. The van der Waals surface area contributed by atoms with E-state index in [4.69, 9.17) is 10.6 Å². The van der Waals surface area contributed by atoms with E-state index in [2.05, 4.69) is 27.6 Å². The van der Waals surface area contributed by atoms with Crippen molar-refractivity contribution < 1.29 is 4.74 Å². The third-order valence-electron chi connectivity index (χ3n) is 2.19. The number of nitrogens with one attached hydrogen (secondary N) is 2. The van der Waals surface area contributed by atoms with Crippen LogP contribution >= 0.6 is 0 Å². The van der Waals surface area contributed by atoms with Crippen LogP contribution < -0.4 is 16.6 Å². The summed E-state index contributed by atoms with van der Waals surface area (Å²) in [5.74, 6) is 7.35. The summed E-state index contributed by atoms with van der Waals surface area (Å²) in [6, 6.07) is 1.78. The average Bonchev–Trinajstić information content (AvgIpc) is 2.36. The van der Waals surface area contributed by atoms with Crippen molar-refractivity contribution in [3.63, 3.8) is 0 Å². The van der Waals surface area contributed by atoms with E-state index >= 15 is 0 Å². The second-order valence-electron chi connectivity index (χ2n) is 3.62. The van der Waals surface area contributed by atoms with Crippen molar-refractivity contribution >= 4 is 11.6 Å². The van der Waals surface area contributed by atoms with E-state index in [0.29, 0.717) is 24.9 Å². The van der Waals surface area contributed by atoms with Crippen molar-refractivity contribution in [3.05, 3.63) is 11.9 Å². The Labute approximate surface area is 102 Å². The first kappa shape index (κ1) is 13.7. The third kappa shape index (κ3) is 4.97. The zero-order valence-electron chi connectivity index (χ0n) is 10.5. The summed E-state index contributed by atoms with van der Waals surface area (Å²) in [7, 11) is 0. The van der Waals surface area contributed by atoms with E-state index in [1.54, 1.807) is 6.07 Å². The Morgan fingerprint density at radius 2 is 2.06 bits per heavy atom. The van der Waals surface area contributed by atoms with Gasteiger partial charge >= 0.3 is 0 Å². The number of aromatic nitrogens is 2. The minimum Gasteiger partial charge on any atom is -0.374 e. The summed E-state index contributed by atoms with van der Waals surface area (Å²) in [5.41, 5.74) is 2.53. The van der Waals surface area contributed by atoms with Crippen LogP contribution in [0.1, 0.15) is 32.5 Å². The van der Waals surface area contributed by atoms with Crippen LogP contribution in [0.3, 0.4) is 0 Å². The first-order valence-corrected chi connectivity index (χ1v) is 5.96. The molecular weight excluding hydrogens is 218 g/mol. The van der Waals surface area contributed by atoms with Gasteiger partial charge in [0.25, 0.3) is 0 Å². The maximum Gasteiger partial charge on any atom is 0.158 e. The Bertz CT molecular complexity index is 332. The first-order valence-electron chi connectivity index (χ1n) is 5.96. The molecule has 0 aliphatic carbocycles. The van der Waals surface area contributed by atoms with Gasteiger partial charge in [0.05, 0.1) is 0 Å². The van der Waals surface area contributed by atoms with Crippen molar-refractivity contribution in [2.45, 2.75) is 33.3 Å². The lowest BCUT2D eigenvalue weighted by atomic mass is 10.3. The Morgan fingerprint density at radius 3 is 2.71 bits per heavy atom. The molecule has 0 fully saturated rings. The lowest BCUT2D eigenvalue weighted by Gasteiger charge is -2.09. The molecule has 1 heterocycles. The van der Waals surface area contributed by atoms with Crippen molar-refractivity contribution in [2.75, 3.05) is 23.9 Å². The monoisotopic (exact) mass is 239 g/mol. The number of hydrogen-bond donors (Lipinski definition) is 3. The fourth-order valence-corrected chi connectivity index (χ4v) is 1.31. The normalized spacial score (nSPS) is 10.3. The summed E-state index contributed by atoms with van der Waals surface area (Å²) in [6.07, 6.45) is 2.25. The van der Waals surface area contributed by atoms with E-state index in [0.717, 1.165) is 25.2 Å². The molecule has 0 amide bonds. The van der Waals surface area contributed by atoms with E-state index in [1.807, 2.05) is 6.92 Å². The second kappa shape index (κ2) is 7.81. The number of nitrogens with two attached hydrogens (primary N) is 1. The van der Waals surface area contributed by atoms with Gasteiger partial charge in [-0.1, -0.05) is 13.3 Å². The molecule has 0 saturated carbocycles. The Hall–Kier alpha value is -1.40. The smallest absolute Gasteiger partial charge is 0.158 e. The fraction of sp³-hybridized carbons (Fsp3) is 0.636. The highest BCUT2D eigenvalue weighted by atomic mass is 16.5. The molecule has 4 N–H and O–H groups in total. The highest BCUT2D eigenvalue weighted by Crippen LogP contribution is 2.11. The van der Waals surface area contributed by atoms with Gasteiger partial charge in [-0.25, -0.2) is 15.8 Å². The molecule has 1 rings (SSSR count). The molecule has 0 bridgehead atoms. The number of unbranched alkanes of at least 4 members (excludes halogenated alkanes) is 1. The molecule has 1 aromatic heterocycles. The summed E-state index contributed by atoms with van der Waals surface area (Å²) in [5, 5.41) is 3.23. The Kier molecular flexibility index (Phi) is 6.27. The van der Waals surface area contributed by atoms with Gasteiger partial charge in [-0.15, -0.1) is 0 Å². The predicted octanol–water partition coefficient (Wildman–Crippen LogP) is 1.51. The molecule has 0 aliphatic heterocycles. The van der Waals surface area contributed by atoms with Crippen LogP contribution in [0, 0.1) is 0 Å². The van der Waals surface area contributed by atoms with E-state index in [1.165, 1.54) is 0 Å². The van der Waals surface area contributed by atoms with Crippen LogP contribution in [0.2, 0.25) is 0 Å². The molecule has 0 aliphatic rings. The first-order chi connectivity index (χ1) is 8.30. The van der Waals surface area contributed by atoms with Crippen LogP contribution in [0.5, 0.6) is 0 Å². The summed E-state index contributed by atoms with van der Waals surface area (Å²) in [4.78, 5) is 8.55. The summed E-state index contributed by atoms with van der Waals surface area (Å²) in [6.45, 7) is 6.02. The maximum atomic E-state index is 5.36. The van der Waals surface area contributed by atoms with Gasteiger partial charge in [0.2, 0.25) is 0 Å². The quantitative estimate of drug-likeness (QED) is 0.362. The topological polar surface area (TPSA) is 85.1 Å². The van der Waals surface area contributed by atoms with E-state index in [-0.39, 0.29) is 0 Å². The molecule has 0 unspecified atom stereocenters. The highest BCUT2D eigenvalue weighted by molar-refractivity contribution is 5.46. The van der Waals surface area contributed by atoms with Crippen LogP contribution in [0.15, 0.2) is 6.07 Å². The minimum atomic E-state index is 0.397. The van der Waals surface area contributed by atoms with Crippen molar-refractivity contribution in [2.24, 2.45) is 5.84 Å². The summed E-state index contributed by atoms with van der Waals surface area (Å²) < 4.78 is 5.28.